The maximum atomic E-state index is 10.2. The molecule has 0 saturated heterocycles. The van der Waals surface area contributed by atoms with E-state index in [1.807, 2.05) is 37.4 Å². The number of hydrogen-bond donors (Lipinski definition) is 2. The Morgan fingerprint density at radius 2 is 2.17 bits per heavy atom. The molecule has 0 aliphatic heterocycles. The van der Waals surface area contributed by atoms with Gasteiger partial charge >= 0.3 is 0 Å². The first-order valence-corrected chi connectivity index (χ1v) is 7.90. The summed E-state index contributed by atoms with van der Waals surface area (Å²) in [4.78, 5) is 4.33. The van der Waals surface area contributed by atoms with Crippen molar-refractivity contribution in [2.45, 2.75) is 31.5 Å². The van der Waals surface area contributed by atoms with E-state index in [0.29, 0.717) is 12.0 Å². The van der Waals surface area contributed by atoms with Gasteiger partial charge in [0.2, 0.25) is 0 Å². The number of nitriles is 1. The van der Waals surface area contributed by atoms with E-state index in [9.17, 15) is 10.4 Å². The molecule has 0 bridgehead atoms. The van der Waals surface area contributed by atoms with Crippen molar-refractivity contribution in [3.63, 3.8) is 0 Å². The van der Waals surface area contributed by atoms with E-state index in [4.69, 9.17) is 0 Å². The Morgan fingerprint density at radius 3 is 2.88 bits per heavy atom. The molecular weight excluding hydrogens is 302 g/mol. The predicted molar refractivity (Wildman–Crippen MR) is 90.5 cm³/mol. The fourth-order valence-corrected chi connectivity index (χ4v) is 3.28. The Hall–Kier alpha value is -2.91. The number of rotatable bonds is 3. The molecule has 24 heavy (non-hydrogen) atoms. The van der Waals surface area contributed by atoms with Crippen LogP contribution in [0.15, 0.2) is 42.9 Å². The second-order valence-electron chi connectivity index (χ2n) is 6.22. The molecule has 1 aromatic carbocycles. The summed E-state index contributed by atoms with van der Waals surface area (Å²) in [6.07, 6.45) is 5.47. The summed E-state index contributed by atoms with van der Waals surface area (Å²) in [6, 6.07) is 9.80. The SMILES string of the molecule is Cc1cnn([C@H]2[C@H](O)C[C@@H]2Nc2c(C#N)cnc3ccccc23)c1. The average molecular weight is 319 g/mol. The second-order valence-corrected chi connectivity index (χ2v) is 6.22. The van der Waals surface area contributed by atoms with Crippen LogP contribution in [0.2, 0.25) is 0 Å². The Morgan fingerprint density at radius 1 is 1.33 bits per heavy atom. The third kappa shape index (κ3) is 2.30. The summed E-state index contributed by atoms with van der Waals surface area (Å²) in [6.45, 7) is 1.97. The number of aliphatic hydroxyl groups excluding tert-OH is 1. The number of anilines is 1. The van der Waals surface area contributed by atoms with Crippen molar-refractivity contribution in [3.05, 3.63) is 54.0 Å². The predicted octanol–water partition coefficient (Wildman–Crippen LogP) is 2.40. The van der Waals surface area contributed by atoms with Gasteiger partial charge < -0.3 is 10.4 Å². The van der Waals surface area contributed by atoms with Crippen LogP contribution in [0.3, 0.4) is 0 Å². The molecule has 1 aliphatic rings. The first kappa shape index (κ1) is 14.7. The van der Waals surface area contributed by atoms with Crippen LogP contribution in [-0.4, -0.2) is 32.0 Å². The van der Waals surface area contributed by atoms with Gasteiger partial charge in [-0.05, 0) is 25.0 Å². The zero-order chi connectivity index (χ0) is 16.7. The van der Waals surface area contributed by atoms with E-state index in [0.717, 1.165) is 22.2 Å². The Kier molecular flexibility index (Phi) is 3.44. The number of pyridine rings is 1. The average Bonchev–Trinajstić information content (AvgIpc) is 2.99. The molecule has 0 radical (unpaired) electrons. The molecule has 4 rings (SSSR count). The first-order chi connectivity index (χ1) is 11.7. The standard InChI is InChI=1S/C18H17N5O/c1-11-8-21-23(10-11)18-15(6-16(18)24)22-17-12(7-19)9-20-14-5-3-2-4-13(14)17/h2-5,8-10,15-16,18,24H,6H2,1H3,(H,20,22)/t15-,16+,18+/m0/s1. The lowest BCUT2D eigenvalue weighted by molar-refractivity contribution is 0.0134. The molecule has 6 nitrogen and oxygen atoms in total. The minimum Gasteiger partial charge on any atom is -0.391 e. The highest BCUT2D eigenvalue weighted by atomic mass is 16.3. The monoisotopic (exact) mass is 319 g/mol. The number of aliphatic hydroxyl groups is 1. The van der Waals surface area contributed by atoms with E-state index in [1.165, 1.54) is 0 Å². The molecule has 2 N–H and O–H groups in total. The zero-order valence-corrected chi connectivity index (χ0v) is 13.2. The lowest BCUT2D eigenvalue weighted by Gasteiger charge is -2.42. The summed E-state index contributed by atoms with van der Waals surface area (Å²) in [5.41, 5.74) is 3.17. The van der Waals surface area contributed by atoms with Crippen LogP contribution in [0.25, 0.3) is 10.9 Å². The van der Waals surface area contributed by atoms with Gasteiger partial charge in [0.1, 0.15) is 6.07 Å². The van der Waals surface area contributed by atoms with Crippen molar-refractivity contribution >= 4 is 16.6 Å². The summed E-state index contributed by atoms with van der Waals surface area (Å²) in [5, 5.41) is 28.3. The number of aromatic nitrogens is 3. The number of hydrogen-bond acceptors (Lipinski definition) is 5. The molecule has 2 aromatic heterocycles. The van der Waals surface area contributed by atoms with Crippen molar-refractivity contribution in [1.82, 2.24) is 14.8 Å². The normalized spacial score (nSPS) is 22.8. The summed E-state index contributed by atoms with van der Waals surface area (Å²) < 4.78 is 1.80. The Labute approximate surface area is 139 Å². The van der Waals surface area contributed by atoms with Crippen LogP contribution < -0.4 is 5.32 Å². The maximum Gasteiger partial charge on any atom is 0.103 e. The quantitative estimate of drug-likeness (QED) is 0.774. The van der Waals surface area contributed by atoms with Gasteiger partial charge in [0.15, 0.2) is 0 Å². The molecule has 0 amide bonds. The van der Waals surface area contributed by atoms with Gasteiger partial charge in [0.05, 0.1) is 41.2 Å². The van der Waals surface area contributed by atoms with Gasteiger partial charge in [-0.2, -0.15) is 10.4 Å². The van der Waals surface area contributed by atoms with Gasteiger partial charge in [-0.15, -0.1) is 0 Å². The van der Waals surface area contributed by atoms with E-state index >= 15 is 0 Å². The van der Waals surface area contributed by atoms with Crippen molar-refractivity contribution in [2.75, 3.05) is 5.32 Å². The number of nitrogens with zero attached hydrogens (tertiary/aromatic N) is 4. The number of nitrogens with one attached hydrogen (secondary N) is 1. The van der Waals surface area contributed by atoms with Crippen LogP contribution in [0.4, 0.5) is 5.69 Å². The molecule has 1 aliphatic carbocycles. The molecule has 0 spiro atoms. The largest absolute Gasteiger partial charge is 0.391 e. The van der Waals surface area contributed by atoms with Crippen molar-refractivity contribution in [3.8, 4) is 6.07 Å². The maximum absolute atomic E-state index is 10.2. The molecule has 6 heteroatoms. The molecule has 120 valence electrons. The van der Waals surface area contributed by atoms with Gasteiger partial charge in [-0.25, -0.2) is 0 Å². The fraction of sp³-hybridized carbons (Fsp3) is 0.278. The van der Waals surface area contributed by atoms with Gasteiger partial charge in [-0.3, -0.25) is 9.67 Å². The highest BCUT2D eigenvalue weighted by molar-refractivity contribution is 5.94. The van der Waals surface area contributed by atoms with Crippen LogP contribution in [0, 0.1) is 18.3 Å². The van der Waals surface area contributed by atoms with Crippen molar-refractivity contribution in [1.29, 1.82) is 5.26 Å². The van der Waals surface area contributed by atoms with E-state index in [1.54, 1.807) is 17.1 Å². The molecule has 1 saturated carbocycles. The highest BCUT2D eigenvalue weighted by Crippen LogP contribution is 2.37. The molecule has 1 fully saturated rings. The minimum atomic E-state index is -0.444. The van der Waals surface area contributed by atoms with Crippen LogP contribution in [0.1, 0.15) is 23.6 Å². The smallest absolute Gasteiger partial charge is 0.103 e. The number of benzene rings is 1. The molecule has 3 atom stereocenters. The Balaban J connectivity index is 1.70. The van der Waals surface area contributed by atoms with E-state index in [2.05, 4.69) is 21.5 Å². The molecule has 3 aromatic rings. The van der Waals surface area contributed by atoms with Crippen LogP contribution in [-0.2, 0) is 0 Å². The number of para-hydroxylation sites is 1. The molecule has 2 heterocycles. The van der Waals surface area contributed by atoms with E-state index < -0.39 is 6.10 Å². The number of aryl methyl sites for hydroxylation is 1. The molecular formula is C18H17N5O. The van der Waals surface area contributed by atoms with E-state index in [-0.39, 0.29) is 12.1 Å². The Bertz CT molecular complexity index is 942. The lowest BCUT2D eigenvalue weighted by atomic mass is 9.82. The van der Waals surface area contributed by atoms with Crippen molar-refractivity contribution in [2.24, 2.45) is 0 Å². The minimum absolute atomic E-state index is 0.0113. The molecule has 0 unspecified atom stereocenters. The first-order valence-electron chi connectivity index (χ1n) is 7.90. The summed E-state index contributed by atoms with van der Waals surface area (Å²) in [5.74, 6) is 0. The van der Waals surface area contributed by atoms with Gasteiger partial charge in [0, 0.05) is 17.8 Å². The summed E-state index contributed by atoms with van der Waals surface area (Å²) in [7, 11) is 0. The number of fused-ring (bicyclic) bond motifs is 1. The third-order valence-electron chi connectivity index (χ3n) is 4.56. The second kappa shape index (κ2) is 5.62. The topological polar surface area (TPSA) is 86.8 Å². The fourth-order valence-electron chi connectivity index (χ4n) is 3.28. The van der Waals surface area contributed by atoms with Gasteiger partial charge in [0.25, 0.3) is 0 Å². The third-order valence-corrected chi connectivity index (χ3v) is 4.56. The van der Waals surface area contributed by atoms with Crippen LogP contribution in [0.5, 0.6) is 0 Å². The van der Waals surface area contributed by atoms with Crippen LogP contribution >= 0.6 is 0 Å². The zero-order valence-electron chi connectivity index (χ0n) is 13.2. The summed E-state index contributed by atoms with van der Waals surface area (Å²) >= 11 is 0. The highest BCUT2D eigenvalue weighted by Gasteiger charge is 2.42. The lowest BCUT2D eigenvalue weighted by Crippen LogP contribution is -2.51. The van der Waals surface area contributed by atoms with Gasteiger partial charge in [-0.1, -0.05) is 18.2 Å². The van der Waals surface area contributed by atoms with Crippen molar-refractivity contribution < 1.29 is 5.11 Å².